The zero-order valence-electron chi connectivity index (χ0n) is 6.36. The van der Waals surface area contributed by atoms with Crippen LogP contribution in [-0.4, -0.2) is 5.11 Å². The Hall–Kier alpha value is -0.640. The number of nitrogen functional groups attached to an aromatic ring is 1. The molecule has 0 unspecified atom stereocenters. The summed E-state index contributed by atoms with van der Waals surface area (Å²) < 4.78 is 0. The monoisotopic (exact) mass is 210 g/mol. The van der Waals surface area contributed by atoms with Gasteiger partial charge in [-0.1, -0.05) is 6.07 Å². The number of hydrogen-bond donors (Lipinski definition) is 3. The Morgan fingerprint density at radius 3 is 2.25 bits per heavy atom. The van der Waals surface area contributed by atoms with Crippen molar-refractivity contribution < 1.29 is 5.11 Å². The molecule has 1 aromatic carbocycles. The summed E-state index contributed by atoms with van der Waals surface area (Å²) in [5.41, 5.74) is 12.0. The highest BCUT2D eigenvalue weighted by molar-refractivity contribution is 5.85. The molecule has 1 aromatic rings. The Morgan fingerprint density at radius 1 is 1.25 bits per heavy atom. The molecule has 0 saturated carbocycles. The number of rotatable bonds is 1. The third-order valence-electron chi connectivity index (χ3n) is 1.33. The summed E-state index contributed by atoms with van der Waals surface area (Å²) in [6.07, 6.45) is 0. The second-order valence-electron chi connectivity index (χ2n) is 2.10. The number of benzene rings is 1. The number of halogens is 2. The average molecular weight is 211 g/mol. The zero-order valence-corrected chi connectivity index (χ0v) is 7.99. The van der Waals surface area contributed by atoms with Crippen molar-refractivity contribution >= 4 is 30.5 Å². The maximum Gasteiger partial charge on any atom is 0.138 e. The van der Waals surface area contributed by atoms with Crippen LogP contribution < -0.4 is 11.5 Å². The summed E-state index contributed by atoms with van der Waals surface area (Å²) >= 11 is 0. The van der Waals surface area contributed by atoms with Crippen molar-refractivity contribution in [2.24, 2.45) is 5.73 Å². The first-order chi connectivity index (χ1) is 4.74. The van der Waals surface area contributed by atoms with E-state index in [1.54, 1.807) is 12.1 Å². The van der Waals surface area contributed by atoms with Crippen molar-refractivity contribution in [3.63, 3.8) is 0 Å². The predicted molar refractivity (Wildman–Crippen MR) is 54.9 cm³/mol. The molecule has 0 radical (unpaired) electrons. The number of phenols is 1. The highest BCUT2D eigenvalue weighted by Crippen LogP contribution is 2.19. The Morgan fingerprint density at radius 2 is 1.83 bits per heavy atom. The molecule has 3 nitrogen and oxygen atoms in total. The molecule has 5 N–H and O–H groups in total. The van der Waals surface area contributed by atoms with Crippen LogP contribution in [0.1, 0.15) is 5.56 Å². The topological polar surface area (TPSA) is 72.3 Å². The highest BCUT2D eigenvalue weighted by atomic mass is 35.5. The lowest BCUT2D eigenvalue weighted by Crippen LogP contribution is -1.97. The smallest absolute Gasteiger partial charge is 0.138 e. The lowest BCUT2D eigenvalue weighted by molar-refractivity contribution is 0.478. The van der Waals surface area contributed by atoms with E-state index in [9.17, 15) is 0 Å². The van der Waals surface area contributed by atoms with Crippen molar-refractivity contribution in [1.82, 2.24) is 0 Å². The zero-order chi connectivity index (χ0) is 7.56. The minimum atomic E-state index is 0. The SMILES string of the molecule is Cl.Cl.NCc1ccc(O)c(N)c1. The molecule has 0 aliphatic rings. The number of phenolic OH excluding ortho intramolecular Hbond substituents is 1. The van der Waals surface area contributed by atoms with Gasteiger partial charge in [-0.3, -0.25) is 0 Å². The molecular formula is C7H12Cl2N2O. The van der Waals surface area contributed by atoms with Crippen LogP contribution in [-0.2, 0) is 6.54 Å². The van der Waals surface area contributed by atoms with Crippen LogP contribution in [0.3, 0.4) is 0 Å². The number of aromatic hydroxyl groups is 1. The Labute approximate surface area is 83.6 Å². The van der Waals surface area contributed by atoms with E-state index in [1.165, 1.54) is 6.07 Å². The van der Waals surface area contributed by atoms with Gasteiger partial charge in [0.2, 0.25) is 0 Å². The van der Waals surface area contributed by atoms with Gasteiger partial charge in [0.15, 0.2) is 0 Å². The summed E-state index contributed by atoms with van der Waals surface area (Å²) in [7, 11) is 0. The molecule has 0 atom stereocenters. The molecular weight excluding hydrogens is 199 g/mol. The molecule has 0 heterocycles. The van der Waals surface area contributed by atoms with Crippen molar-refractivity contribution in [3.8, 4) is 5.75 Å². The van der Waals surface area contributed by atoms with Crippen molar-refractivity contribution in [2.75, 3.05) is 5.73 Å². The molecule has 0 aliphatic heterocycles. The Balaban J connectivity index is 0. The van der Waals surface area contributed by atoms with Gasteiger partial charge >= 0.3 is 0 Å². The third-order valence-corrected chi connectivity index (χ3v) is 1.33. The van der Waals surface area contributed by atoms with Gasteiger partial charge in [0, 0.05) is 6.54 Å². The first-order valence-corrected chi connectivity index (χ1v) is 3.01. The molecule has 5 heteroatoms. The first-order valence-electron chi connectivity index (χ1n) is 3.01. The summed E-state index contributed by atoms with van der Waals surface area (Å²) in [5.74, 6) is 0.109. The quantitative estimate of drug-likeness (QED) is 0.483. The molecule has 0 bridgehead atoms. The van der Waals surface area contributed by atoms with E-state index < -0.39 is 0 Å². The van der Waals surface area contributed by atoms with E-state index >= 15 is 0 Å². The maximum absolute atomic E-state index is 8.97. The van der Waals surface area contributed by atoms with E-state index in [4.69, 9.17) is 16.6 Å². The number of anilines is 1. The van der Waals surface area contributed by atoms with Crippen molar-refractivity contribution in [1.29, 1.82) is 0 Å². The average Bonchev–Trinajstić information content (AvgIpc) is 1.95. The van der Waals surface area contributed by atoms with Gasteiger partial charge in [-0.2, -0.15) is 0 Å². The fourth-order valence-electron chi connectivity index (χ4n) is 0.731. The van der Waals surface area contributed by atoms with E-state index in [2.05, 4.69) is 0 Å². The van der Waals surface area contributed by atoms with Gasteiger partial charge in [-0.25, -0.2) is 0 Å². The standard InChI is InChI=1S/C7H10N2O.2ClH/c8-4-5-1-2-7(10)6(9)3-5;;/h1-3,10H,4,8-9H2;2*1H. The summed E-state index contributed by atoms with van der Waals surface area (Å²) in [4.78, 5) is 0. The molecule has 0 spiro atoms. The summed E-state index contributed by atoms with van der Waals surface area (Å²) in [5, 5.41) is 8.97. The molecule has 0 fully saturated rings. The van der Waals surface area contributed by atoms with E-state index in [-0.39, 0.29) is 30.6 Å². The van der Waals surface area contributed by atoms with Crippen LogP contribution >= 0.6 is 24.8 Å². The second kappa shape index (κ2) is 5.94. The van der Waals surface area contributed by atoms with Crippen molar-refractivity contribution in [2.45, 2.75) is 6.54 Å². The summed E-state index contributed by atoms with van der Waals surface area (Å²) in [6.45, 7) is 0.449. The molecule has 1 rings (SSSR count). The lowest BCUT2D eigenvalue weighted by Gasteiger charge is -1.99. The van der Waals surface area contributed by atoms with Crippen LogP contribution in [0.2, 0.25) is 0 Å². The fraction of sp³-hybridized carbons (Fsp3) is 0.143. The van der Waals surface area contributed by atoms with Crippen LogP contribution in [0.15, 0.2) is 18.2 Å². The summed E-state index contributed by atoms with van der Waals surface area (Å²) in [6, 6.07) is 4.94. The van der Waals surface area contributed by atoms with Gasteiger partial charge in [-0.15, -0.1) is 24.8 Å². The molecule has 0 aliphatic carbocycles. The fourth-order valence-corrected chi connectivity index (χ4v) is 0.731. The maximum atomic E-state index is 8.97. The van der Waals surface area contributed by atoms with Gasteiger partial charge in [0.25, 0.3) is 0 Å². The Bertz CT molecular complexity index is 243. The van der Waals surface area contributed by atoms with Crippen LogP contribution in [0, 0.1) is 0 Å². The van der Waals surface area contributed by atoms with Gasteiger partial charge in [0.05, 0.1) is 5.69 Å². The van der Waals surface area contributed by atoms with Gasteiger partial charge < -0.3 is 16.6 Å². The second-order valence-corrected chi connectivity index (χ2v) is 2.10. The number of hydrogen-bond acceptors (Lipinski definition) is 3. The predicted octanol–water partition coefficient (Wildman–Crippen LogP) is 1.28. The molecule has 0 amide bonds. The van der Waals surface area contributed by atoms with E-state index in [0.29, 0.717) is 12.2 Å². The molecule has 0 saturated heterocycles. The van der Waals surface area contributed by atoms with Crippen LogP contribution in [0.5, 0.6) is 5.75 Å². The largest absolute Gasteiger partial charge is 0.506 e. The minimum Gasteiger partial charge on any atom is -0.506 e. The normalized spacial score (nSPS) is 8.08. The molecule has 12 heavy (non-hydrogen) atoms. The van der Waals surface area contributed by atoms with Crippen molar-refractivity contribution in [3.05, 3.63) is 23.8 Å². The molecule has 0 aromatic heterocycles. The van der Waals surface area contributed by atoms with Crippen LogP contribution in [0.25, 0.3) is 0 Å². The van der Waals surface area contributed by atoms with E-state index in [0.717, 1.165) is 5.56 Å². The van der Waals surface area contributed by atoms with E-state index in [1.807, 2.05) is 0 Å². The molecule has 70 valence electrons. The van der Waals surface area contributed by atoms with Gasteiger partial charge in [0.1, 0.15) is 5.75 Å². The highest BCUT2D eigenvalue weighted by Gasteiger charge is 1.95. The minimum absolute atomic E-state index is 0. The first kappa shape index (κ1) is 13.9. The third kappa shape index (κ3) is 3.17. The number of nitrogens with two attached hydrogens (primary N) is 2. The lowest BCUT2D eigenvalue weighted by atomic mass is 10.2. The Kier molecular flexibility index (Phi) is 6.89. The van der Waals surface area contributed by atoms with Crippen LogP contribution in [0.4, 0.5) is 5.69 Å². The van der Waals surface area contributed by atoms with Gasteiger partial charge in [-0.05, 0) is 17.7 Å².